The zero-order valence-electron chi connectivity index (χ0n) is 28.4. The van der Waals surface area contributed by atoms with E-state index in [9.17, 15) is 0 Å². The van der Waals surface area contributed by atoms with E-state index in [-0.39, 0.29) is 0 Å². The van der Waals surface area contributed by atoms with Crippen LogP contribution >= 0.6 is 11.3 Å². The van der Waals surface area contributed by atoms with Crippen LogP contribution in [0.3, 0.4) is 0 Å². The molecular weight excluding hydrogens is 665 g/mol. The van der Waals surface area contributed by atoms with Crippen molar-refractivity contribution in [2.45, 2.75) is 0 Å². The second-order valence-electron chi connectivity index (χ2n) is 13.4. The molecule has 0 atom stereocenters. The van der Waals surface area contributed by atoms with Crippen molar-refractivity contribution in [1.29, 1.82) is 0 Å². The quantitative estimate of drug-likeness (QED) is 0.172. The average molecular weight is 693 g/mol. The van der Waals surface area contributed by atoms with Crippen LogP contribution in [0.2, 0.25) is 0 Å². The van der Waals surface area contributed by atoms with Gasteiger partial charge in [-0.1, -0.05) is 152 Å². The fraction of sp³-hybridized carbons (Fsp3) is 0. The molecule has 0 radical (unpaired) electrons. The van der Waals surface area contributed by atoms with Gasteiger partial charge in [0, 0.05) is 47.8 Å². The first kappa shape index (κ1) is 29.9. The molecule has 3 heterocycles. The van der Waals surface area contributed by atoms with Crippen molar-refractivity contribution in [3.8, 4) is 45.4 Å². The Bertz CT molecular complexity index is 3130. The molecule has 11 rings (SSSR count). The summed E-state index contributed by atoms with van der Waals surface area (Å²) >= 11 is 1.83. The van der Waals surface area contributed by atoms with E-state index in [1.54, 1.807) is 0 Å². The molecule has 0 aliphatic carbocycles. The van der Waals surface area contributed by atoms with Crippen molar-refractivity contribution in [3.05, 3.63) is 170 Å². The van der Waals surface area contributed by atoms with Gasteiger partial charge in [-0.05, 0) is 50.5 Å². The van der Waals surface area contributed by atoms with E-state index >= 15 is 0 Å². The van der Waals surface area contributed by atoms with Gasteiger partial charge in [-0.2, -0.15) is 0 Å². The third kappa shape index (κ3) is 4.82. The first-order valence-electron chi connectivity index (χ1n) is 17.7. The minimum absolute atomic E-state index is 0.614. The summed E-state index contributed by atoms with van der Waals surface area (Å²) in [4.78, 5) is 20.5. The summed E-state index contributed by atoms with van der Waals surface area (Å²) in [7, 11) is 0. The maximum absolute atomic E-state index is 5.53. The molecule has 11 aromatic rings. The summed E-state index contributed by atoms with van der Waals surface area (Å²) < 4.78 is 2.48. The molecule has 0 aliphatic rings. The number of pyridine rings is 1. The van der Waals surface area contributed by atoms with Gasteiger partial charge in [0.05, 0.1) is 11.2 Å². The molecule has 8 aromatic carbocycles. The van der Waals surface area contributed by atoms with Crippen LogP contribution in [0.4, 0.5) is 0 Å². The van der Waals surface area contributed by atoms with E-state index < -0.39 is 0 Å². The number of hydrogen-bond acceptors (Lipinski definition) is 5. The molecule has 0 unspecified atom stereocenters. The molecule has 0 saturated carbocycles. The molecule has 0 bridgehead atoms. The molecule has 5 heteroatoms. The Hall–Kier alpha value is -6.82. The molecule has 0 aliphatic heterocycles. The minimum Gasteiger partial charge on any atom is -0.247 e. The normalized spacial score (nSPS) is 11.8. The van der Waals surface area contributed by atoms with Crippen molar-refractivity contribution in [2.75, 3.05) is 0 Å². The summed E-state index contributed by atoms with van der Waals surface area (Å²) in [6.45, 7) is 0. The van der Waals surface area contributed by atoms with Crippen molar-refractivity contribution in [1.82, 2.24) is 19.9 Å². The number of nitrogens with zero attached hydrogens (tertiary/aromatic N) is 4. The topological polar surface area (TPSA) is 51.6 Å². The van der Waals surface area contributed by atoms with Gasteiger partial charge in [0.15, 0.2) is 17.5 Å². The van der Waals surface area contributed by atoms with Crippen LogP contribution in [0, 0.1) is 0 Å². The standard InChI is InChI=1S/C48H28N4S/c1-3-13-29(14-4-1)46-50-47(30-15-5-2-6-16-30)52-48(51-46)32-24-26-38-41(28-32)49-44(43-39-21-11-12-22-42(39)53-45(38)43)31-23-25-37-35-19-8-7-17-33(35)34-18-9-10-20-36(34)40(37)27-31/h1-28H. The number of aromatic nitrogens is 4. The number of hydrogen-bond donors (Lipinski definition) is 0. The first-order valence-corrected chi connectivity index (χ1v) is 18.5. The highest BCUT2D eigenvalue weighted by Gasteiger charge is 2.19. The smallest absolute Gasteiger partial charge is 0.164 e. The highest BCUT2D eigenvalue weighted by Crippen LogP contribution is 2.45. The first-order chi connectivity index (χ1) is 26.3. The zero-order chi connectivity index (χ0) is 34.9. The fourth-order valence-electron chi connectivity index (χ4n) is 7.80. The number of rotatable bonds is 4. The Morgan fingerprint density at radius 1 is 0.321 bits per heavy atom. The fourth-order valence-corrected chi connectivity index (χ4v) is 9.04. The lowest BCUT2D eigenvalue weighted by Crippen LogP contribution is -2.00. The van der Waals surface area contributed by atoms with Crippen LogP contribution in [0.25, 0.3) is 109 Å². The van der Waals surface area contributed by atoms with Crippen LogP contribution < -0.4 is 0 Å². The van der Waals surface area contributed by atoms with Gasteiger partial charge in [0.25, 0.3) is 0 Å². The Kier molecular flexibility index (Phi) is 6.69. The largest absolute Gasteiger partial charge is 0.247 e. The average Bonchev–Trinajstić information content (AvgIpc) is 3.64. The summed E-state index contributed by atoms with van der Waals surface area (Å²) in [6.07, 6.45) is 0. The number of fused-ring (bicyclic) bond motifs is 11. The minimum atomic E-state index is 0.614. The van der Waals surface area contributed by atoms with Crippen LogP contribution in [0.1, 0.15) is 0 Å². The molecule has 0 N–H and O–H groups in total. The highest BCUT2D eigenvalue weighted by molar-refractivity contribution is 7.26. The van der Waals surface area contributed by atoms with Gasteiger partial charge in [-0.15, -0.1) is 11.3 Å². The van der Waals surface area contributed by atoms with E-state index in [0.29, 0.717) is 17.5 Å². The maximum Gasteiger partial charge on any atom is 0.164 e. The Balaban J connectivity index is 1.17. The SMILES string of the molecule is c1ccc(-c2nc(-c3ccccc3)nc(-c3ccc4c(c3)nc(-c3ccc5c6ccccc6c6ccccc6c5c3)c3c5ccccc5sc43)n2)cc1. The van der Waals surface area contributed by atoms with Crippen molar-refractivity contribution in [3.63, 3.8) is 0 Å². The summed E-state index contributed by atoms with van der Waals surface area (Å²) in [6, 6.07) is 59.7. The van der Waals surface area contributed by atoms with Gasteiger partial charge in [0.2, 0.25) is 0 Å². The Morgan fingerprint density at radius 3 is 1.42 bits per heavy atom. The van der Waals surface area contributed by atoms with Gasteiger partial charge >= 0.3 is 0 Å². The van der Waals surface area contributed by atoms with E-state index in [2.05, 4.69) is 109 Å². The van der Waals surface area contributed by atoms with E-state index in [0.717, 1.165) is 38.9 Å². The third-order valence-electron chi connectivity index (χ3n) is 10.3. The van der Waals surface area contributed by atoms with Gasteiger partial charge < -0.3 is 0 Å². The second kappa shape index (κ2) is 11.9. The van der Waals surface area contributed by atoms with Gasteiger partial charge in [-0.25, -0.2) is 19.9 Å². The molecule has 0 spiro atoms. The van der Waals surface area contributed by atoms with E-state index in [1.165, 1.54) is 52.5 Å². The number of benzene rings is 8. The van der Waals surface area contributed by atoms with E-state index in [1.807, 2.05) is 72.0 Å². The molecule has 0 amide bonds. The van der Waals surface area contributed by atoms with Crippen LogP contribution in [-0.2, 0) is 0 Å². The predicted molar refractivity (Wildman–Crippen MR) is 222 cm³/mol. The lowest BCUT2D eigenvalue weighted by molar-refractivity contribution is 1.07. The molecule has 0 saturated heterocycles. The van der Waals surface area contributed by atoms with Gasteiger partial charge in [-0.3, -0.25) is 0 Å². The molecule has 53 heavy (non-hydrogen) atoms. The monoisotopic (exact) mass is 692 g/mol. The van der Waals surface area contributed by atoms with Crippen LogP contribution in [-0.4, -0.2) is 19.9 Å². The molecule has 4 nitrogen and oxygen atoms in total. The summed E-state index contributed by atoms with van der Waals surface area (Å²) in [5, 5.41) is 11.0. The maximum atomic E-state index is 5.53. The Labute approximate surface area is 308 Å². The van der Waals surface area contributed by atoms with Crippen LogP contribution in [0.15, 0.2) is 170 Å². The van der Waals surface area contributed by atoms with Gasteiger partial charge in [0.1, 0.15) is 0 Å². The number of thiophene rings is 1. The Morgan fingerprint density at radius 2 is 0.792 bits per heavy atom. The van der Waals surface area contributed by atoms with Crippen LogP contribution in [0.5, 0.6) is 0 Å². The van der Waals surface area contributed by atoms with Crippen molar-refractivity contribution < 1.29 is 0 Å². The molecule has 3 aromatic heterocycles. The van der Waals surface area contributed by atoms with Crippen molar-refractivity contribution >= 4 is 74.7 Å². The molecular formula is C48H28N4S. The highest BCUT2D eigenvalue weighted by atomic mass is 32.1. The zero-order valence-corrected chi connectivity index (χ0v) is 29.2. The van der Waals surface area contributed by atoms with E-state index in [4.69, 9.17) is 19.9 Å². The lowest BCUT2D eigenvalue weighted by atomic mass is 9.92. The third-order valence-corrected chi connectivity index (χ3v) is 11.5. The molecule has 0 fully saturated rings. The molecule has 246 valence electrons. The predicted octanol–water partition coefficient (Wildman–Crippen LogP) is 12.9. The lowest BCUT2D eigenvalue weighted by Gasteiger charge is -2.13. The van der Waals surface area contributed by atoms with Crippen molar-refractivity contribution in [2.24, 2.45) is 0 Å². The second-order valence-corrected chi connectivity index (χ2v) is 14.4. The summed E-state index contributed by atoms with van der Waals surface area (Å²) in [5.41, 5.74) is 5.76. The summed E-state index contributed by atoms with van der Waals surface area (Å²) in [5.74, 6) is 1.89.